The second kappa shape index (κ2) is 13.3. The molecule has 172 valence electrons. The van der Waals surface area contributed by atoms with Gasteiger partial charge in [-0.05, 0) is 52.3 Å². The molecule has 2 rings (SSSR count). The van der Waals surface area contributed by atoms with E-state index in [9.17, 15) is 5.11 Å². The average Bonchev–Trinajstić information content (AvgIpc) is 2.70. The van der Waals surface area contributed by atoms with Gasteiger partial charge in [-0.1, -0.05) is 12.1 Å². The Balaban J connectivity index is 0.00000450. The minimum absolute atomic E-state index is 0. The maximum absolute atomic E-state index is 10.6. The molecule has 0 saturated carbocycles. The summed E-state index contributed by atoms with van der Waals surface area (Å²) in [6.07, 6.45) is -0.551. The smallest absolute Gasteiger partial charge is 0.191 e. The monoisotopic (exact) mass is 534 g/mol. The lowest BCUT2D eigenvalue weighted by Gasteiger charge is -2.39. The number of ether oxygens (including phenoxy) is 2. The van der Waals surface area contributed by atoms with E-state index in [2.05, 4.69) is 29.4 Å². The zero-order valence-electron chi connectivity index (χ0n) is 19.0. The van der Waals surface area contributed by atoms with Crippen LogP contribution in [0.5, 0.6) is 5.75 Å². The summed E-state index contributed by atoms with van der Waals surface area (Å²) in [7, 11) is 0. The number of halogens is 1. The minimum Gasteiger partial charge on any atom is -0.491 e. The predicted octanol–water partition coefficient (Wildman–Crippen LogP) is 2.79. The van der Waals surface area contributed by atoms with Crippen LogP contribution in [0.15, 0.2) is 29.3 Å². The zero-order chi connectivity index (χ0) is 21.3. The molecule has 1 aliphatic rings. The van der Waals surface area contributed by atoms with Crippen LogP contribution in [-0.4, -0.2) is 73.5 Å². The highest BCUT2D eigenvalue weighted by Crippen LogP contribution is 2.20. The molecule has 1 heterocycles. The topological polar surface area (TPSA) is 78.4 Å². The van der Waals surface area contributed by atoms with Gasteiger partial charge in [0.1, 0.15) is 5.75 Å². The first-order valence-electron chi connectivity index (χ1n) is 10.6. The molecule has 0 bridgehead atoms. The van der Waals surface area contributed by atoms with Crippen LogP contribution in [0.2, 0.25) is 0 Å². The summed E-state index contributed by atoms with van der Waals surface area (Å²) < 4.78 is 11.2. The molecule has 1 fully saturated rings. The fourth-order valence-corrected chi connectivity index (χ4v) is 3.26. The van der Waals surface area contributed by atoms with Crippen LogP contribution < -0.4 is 15.4 Å². The molecule has 7 nitrogen and oxygen atoms in total. The molecule has 30 heavy (non-hydrogen) atoms. The van der Waals surface area contributed by atoms with Crippen molar-refractivity contribution in [3.8, 4) is 5.75 Å². The van der Waals surface area contributed by atoms with E-state index in [1.807, 2.05) is 45.0 Å². The van der Waals surface area contributed by atoms with E-state index < -0.39 is 6.10 Å². The second-order valence-electron chi connectivity index (χ2n) is 8.24. The van der Waals surface area contributed by atoms with E-state index in [0.29, 0.717) is 19.0 Å². The highest BCUT2D eigenvalue weighted by atomic mass is 127. The molecule has 0 aromatic heterocycles. The van der Waals surface area contributed by atoms with Gasteiger partial charge in [-0.25, -0.2) is 0 Å². The number of aliphatic hydroxyl groups excluding tert-OH is 1. The highest BCUT2D eigenvalue weighted by Gasteiger charge is 2.28. The molecule has 0 aliphatic carbocycles. The van der Waals surface area contributed by atoms with Gasteiger partial charge in [0.2, 0.25) is 0 Å². The lowest BCUT2D eigenvalue weighted by atomic mass is 10.0. The van der Waals surface area contributed by atoms with Crippen molar-refractivity contribution in [3.05, 3.63) is 29.8 Å². The molecule has 1 unspecified atom stereocenters. The molecule has 0 radical (unpaired) electrons. The largest absolute Gasteiger partial charge is 0.491 e. The first-order chi connectivity index (χ1) is 13.8. The Morgan fingerprint density at radius 1 is 1.27 bits per heavy atom. The first-order valence-corrected chi connectivity index (χ1v) is 10.6. The Morgan fingerprint density at radius 3 is 2.60 bits per heavy atom. The van der Waals surface area contributed by atoms with Crippen LogP contribution in [0.4, 0.5) is 0 Å². The molecule has 0 spiro atoms. The van der Waals surface area contributed by atoms with Crippen molar-refractivity contribution in [2.45, 2.75) is 52.4 Å². The average molecular weight is 534 g/mol. The van der Waals surface area contributed by atoms with Crippen molar-refractivity contribution in [2.24, 2.45) is 4.99 Å². The lowest BCUT2D eigenvalue weighted by molar-refractivity contribution is -0.00684. The van der Waals surface area contributed by atoms with Gasteiger partial charge >= 0.3 is 0 Å². The molecule has 3 N–H and O–H groups in total. The van der Waals surface area contributed by atoms with Crippen molar-refractivity contribution >= 4 is 29.9 Å². The summed E-state index contributed by atoms with van der Waals surface area (Å²) in [6, 6.07) is 7.60. The highest BCUT2D eigenvalue weighted by molar-refractivity contribution is 14.0. The van der Waals surface area contributed by atoms with Crippen LogP contribution in [0, 0.1) is 0 Å². The molecular formula is C22H39IN4O3. The third kappa shape index (κ3) is 8.95. The standard InChI is InChI=1S/C22H38N4O3.HI/c1-6-23-21(25-16-22(4,5)26-10-12-28-13-11-26)24-15-20(27)18-8-7-9-19(14-18)29-17(2)3;/h7-9,14,17,20,27H,6,10-13,15-16H2,1-5H3,(H2,23,24,25);1H. The quantitative estimate of drug-likeness (QED) is 0.257. The van der Waals surface area contributed by atoms with Crippen molar-refractivity contribution in [1.29, 1.82) is 0 Å². The Hall–Kier alpha value is -1.10. The summed E-state index contributed by atoms with van der Waals surface area (Å²) in [6.45, 7) is 15.6. The van der Waals surface area contributed by atoms with Crippen LogP contribution in [0.25, 0.3) is 0 Å². The van der Waals surface area contributed by atoms with Gasteiger partial charge in [0, 0.05) is 31.7 Å². The maximum Gasteiger partial charge on any atom is 0.191 e. The predicted molar refractivity (Wildman–Crippen MR) is 133 cm³/mol. The number of nitrogens with zero attached hydrogens (tertiary/aromatic N) is 2. The molecule has 1 aliphatic heterocycles. The second-order valence-corrected chi connectivity index (χ2v) is 8.24. The van der Waals surface area contributed by atoms with E-state index in [-0.39, 0.29) is 35.6 Å². The summed E-state index contributed by atoms with van der Waals surface area (Å²) in [5, 5.41) is 17.1. The van der Waals surface area contributed by atoms with Gasteiger partial charge < -0.3 is 25.2 Å². The third-order valence-electron chi connectivity index (χ3n) is 4.91. The fourth-order valence-electron chi connectivity index (χ4n) is 3.26. The van der Waals surface area contributed by atoms with E-state index in [1.54, 1.807) is 0 Å². The SMILES string of the molecule is CCNC(=NCC(C)(C)N1CCOCC1)NCC(O)c1cccc(OC(C)C)c1.I. The van der Waals surface area contributed by atoms with Gasteiger partial charge in [0.15, 0.2) is 5.96 Å². The maximum atomic E-state index is 10.6. The van der Waals surface area contributed by atoms with E-state index in [4.69, 9.17) is 14.5 Å². The molecule has 0 amide bonds. The van der Waals surface area contributed by atoms with Crippen LogP contribution >= 0.6 is 24.0 Å². The molecular weight excluding hydrogens is 495 g/mol. The van der Waals surface area contributed by atoms with Gasteiger partial charge in [-0.2, -0.15) is 0 Å². The Morgan fingerprint density at radius 2 is 1.97 bits per heavy atom. The van der Waals surface area contributed by atoms with Crippen LogP contribution in [0.1, 0.15) is 46.3 Å². The minimum atomic E-state index is -0.651. The molecule has 1 aromatic carbocycles. The number of aliphatic hydroxyl groups is 1. The van der Waals surface area contributed by atoms with E-state index in [0.717, 1.165) is 44.2 Å². The summed E-state index contributed by atoms with van der Waals surface area (Å²) in [5.74, 6) is 1.48. The van der Waals surface area contributed by atoms with Gasteiger partial charge in [-0.3, -0.25) is 9.89 Å². The third-order valence-corrected chi connectivity index (χ3v) is 4.91. The number of benzene rings is 1. The van der Waals surface area contributed by atoms with Crippen molar-refractivity contribution in [2.75, 3.05) is 45.9 Å². The zero-order valence-corrected chi connectivity index (χ0v) is 21.3. The van der Waals surface area contributed by atoms with E-state index >= 15 is 0 Å². The lowest BCUT2D eigenvalue weighted by Crippen LogP contribution is -2.52. The number of rotatable bonds is 9. The number of nitrogens with one attached hydrogen (secondary N) is 2. The Bertz CT molecular complexity index is 649. The summed E-state index contributed by atoms with van der Waals surface area (Å²) in [4.78, 5) is 7.17. The van der Waals surface area contributed by atoms with Crippen LogP contribution in [-0.2, 0) is 4.74 Å². The Kier molecular flexibility index (Phi) is 12.0. The van der Waals surface area contributed by atoms with Crippen molar-refractivity contribution < 1.29 is 14.6 Å². The molecule has 1 saturated heterocycles. The molecule has 8 heteroatoms. The number of aliphatic imine (C=N–C) groups is 1. The molecule has 1 aromatic rings. The van der Waals surface area contributed by atoms with Gasteiger partial charge in [0.05, 0.1) is 32.0 Å². The van der Waals surface area contributed by atoms with E-state index in [1.165, 1.54) is 0 Å². The normalized spacial score (nSPS) is 16.7. The van der Waals surface area contributed by atoms with Gasteiger partial charge in [0.25, 0.3) is 0 Å². The van der Waals surface area contributed by atoms with Crippen molar-refractivity contribution in [1.82, 2.24) is 15.5 Å². The number of guanidine groups is 1. The summed E-state index contributed by atoms with van der Waals surface area (Å²) >= 11 is 0. The van der Waals surface area contributed by atoms with Gasteiger partial charge in [-0.15, -0.1) is 24.0 Å². The van der Waals surface area contributed by atoms with Crippen molar-refractivity contribution in [3.63, 3.8) is 0 Å². The Labute approximate surface area is 198 Å². The first kappa shape index (κ1) is 26.9. The fraction of sp³-hybridized carbons (Fsp3) is 0.682. The summed E-state index contributed by atoms with van der Waals surface area (Å²) in [5.41, 5.74) is 0.771. The number of hydrogen-bond acceptors (Lipinski definition) is 5. The molecule has 1 atom stereocenters. The number of hydrogen-bond donors (Lipinski definition) is 3. The van der Waals surface area contributed by atoms with Crippen LogP contribution in [0.3, 0.4) is 0 Å². The number of morpholine rings is 1.